The lowest BCUT2D eigenvalue weighted by Gasteiger charge is -2.35. The van der Waals surface area contributed by atoms with Gasteiger partial charge in [0.1, 0.15) is 11.6 Å². The number of halogens is 3. The molecule has 2 aromatic rings. The van der Waals surface area contributed by atoms with Crippen LogP contribution in [-0.4, -0.2) is 64.4 Å². The highest BCUT2D eigenvalue weighted by atomic mass is 19.1. The molecule has 164 valence electrons. The number of urea groups is 1. The molecular formula is C19H19F3N6O3. The standard InChI is InChI=1S/C19H19F3N6O3/c20-12-7-11(8-13(21)9-12)15(1-2-23)25-19(31)28-5-3-27(4-6-28)18-24-10-14(22)16(26-18)17(29)30/h2,7-10,15,23H,1,3-6H2,(H,25,31)(H,29,30)/t15-/m0/s1. The number of benzene rings is 1. The van der Waals surface area contributed by atoms with E-state index in [4.69, 9.17) is 10.5 Å². The fraction of sp³-hybridized carbons (Fsp3) is 0.316. The van der Waals surface area contributed by atoms with E-state index in [9.17, 15) is 22.8 Å². The van der Waals surface area contributed by atoms with Crippen LogP contribution in [0.3, 0.4) is 0 Å². The lowest BCUT2D eigenvalue weighted by Crippen LogP contribution is -2.52. The van der Waals surface area contributed by atoms with Gasteiger partial charge in [-0.25, -0.2) is 32.7 Å². The Labute approximate surface area is 175 Å². The summed E-state index contributed by atoms with van der Waals surface area (Å²) in [4.78, 5) is 34.3. The van der Waals surface area contributed by atoms with Gasteiger partial charge in [-0.2, -0.15) is 0 Å². The number of piperazine rings is 1. The van der Waals surface area contributed by atoms with Crippen molar-refractivity contribution in [3.63, 3.8) is 0 Å². The molecule has 1 fully saturated rings. The molecule has 0 saturated carbocycles. The molecule has 9 nitrogen and oxygen atoms in total. The zero-order valence-corrected chi connectivity index (χ0v) is 16.2. The Balaban J connectivity index is 1.64. The van der Waals surface area contributed by atoms with Crippen LogP contribution in [0.5, 0.6) is 0 Å². The maximum atomic E-state index is 13.5. The molecule has 0 bridgehead atoms. The van der Waals surface area contributed by atoms with Gasteiger partial charge in [0, 0.05) is 38.7 Å². The van der Waals surface area contributed by atoms with E-state index in [2.05, 4.69) is 15.3 Å². The van der Waals surface area contributed by atoms with E-state index in [1.807, 2.05) is 0 Å². The largest absolute Gasteiger partial charge is 0.476 e. The first-order valence-corrected chi connectivity index (χ1v) is 9.29. The summed E-state index contributed by atoms with van der Waals surface area (Å²) in [6.45, 7) is 0.984. The van der Waals surface area contributed by atoms with Crippen LogP contribution in [0, 0.1) is 22.9 Å². The molecule has 12 heteroatoms. The molecule has 0 radical (unpaired) electrons. The Hall–Kier alpha value is -3.70. The summed E-state index contributed by atoms with van der Waals surface area (Å²) in [6, 6.07) is 1.65. The average Bonchev–Trinajstić information content (AvgIpc) is 2.73. The quantitative estimate of drug-likeness (QED) is 0.597. The summed E-state index contributed by atoms with van der Waals surface area (Å²) in [7, 11) is 0. The van der Waals surface area contributed by atoms with Crippen molar-refractivity contribution in [2.24, 2.45) is 0 Å². The number of nitrogens with one attached hydrogen (secondary N) is 2. The van der Waals surface area contributed by atoms with Gasteiger partial charge in [-0.05, 0) is 23.9 Å². The molecule has 1 aromatic carbocycles. The summed E-state index contributed by atoms with van der Waals surface area (Å²) in [5.74, 6) is -4.08. The Morgan fingerprint density at radius 1 is 1.16 bits per heavy atom. The van der Waals surface area contributed by atoms with Crippen molar-refractivity contribution in [1.29, 1.82) is 5.41 Å². The summed E-state index contributed by atoms with van der Waals surface area (Å²) in [5.41, 5.74) is -0.532. The van der Waals surface area contributed by atoms with Crippen molar-refractivity contribution >= 4 is 24.2 Å². The number of carbonyl (C=O) groups excluding carboxylic acids is 1. The second-order valence-electron chi connectivity index (χ2n) is 6.79. The average molecular weight is 436 g/mol. The van der Waals surface area contributed by atoms with Crippen LogP contribution >= 0.6 is 0 Å². The van der Waals surface area contributed by atoms with Crippen LogP contribution < -0.4 is 10.2 Å². The van der Waals surface area contributed by atoms with Crippen molar-refractivity contribution in [3.05, 3.63) is 53.1 Å². The number of aromatic nitrogens is 2. The Bertz CT molecular complexity index is 978. The van der Waals surface area contributed by atoms with Crippen LogP contribution in [0.25, 0.3) is 0 Å². The van der Waals surface area contributed by atoms with Crippen LogP contribution in [0.2, 0.25) is 0 Å². The third-order valence-corrected chi connectivity index (χ3v) is 4.72. The molecular weight excluding hydrogens is 417 g/mol. The summed E-state index contributed by atoms with van der Waals surface area (Å²) in [6.07, 6.45) is 1.87. The van der Waals surface area contributed by atoms with Crippen LogP contribution in [-0.2, 0) is 0 Å². The SMILES string of the molecule is N=CC[C@H](NC(=O)N1CCN(c2ncc(F)c(C(=O)O)n2)CC1)c1cc(F)cc(F)c1. The lowest BCUT2D eigenvalue weighted by molar-refractivity contribution is 0.0684. The molecule has 0 unspecified atom stereocenters. The van der Waals surface area contributed by atoms with E-state index in [0.29, 0.717) is 0 Å². The maximum absolute atomic E-state index is 13.5. The Morgan fingerprint density at radius 2 is 1.81 bits per heavy atom. The van der Waals surface area contributed by atoms with Crippen molar-refractivity contribution < 1.29 is 27.9 Å². The zero-order chi connectivity index (χ0) is 22.5. The number of amides is 2. The fourth-order valence-electron chi connectivity index (χ4n) is 3.18. The van der Waals surface area contributed by atoms with E-state index >= 15 is 0 Å². The molecule has 2 heterocycles. The number of nitrogens with zero attached hydrogens (tertiary/aromatic N) is 4. The second-order valence-corrected chi connectivity index (χ2v) is 6.79. The van der Waals surface area contributed by atoms with Gasteiger partial charge in [-0.15, -0.1) is 0 Å². The number of hydrogen-bond donors (Lipinski definition) is 3. The number of hydrogen-bond acceptors (Lipinski definition) is 6. The molecule has 3 N–H and O–H groups in total. The maximum Gasteiger partial charge on any atom is 0.357 e. The number of aromatic carboxylic acids is 1. The third-order valence-electron chi connectivity index (χ3n) is 4.72. The predicted octanol–water partition coefficient (Wildman–Crippen LogP) is 2.20. The predicted molar refractivity (Wildman–Crippen MR) is 104 cm³/mol. The minimum absolute atomic E-state index is 0.0378. The van der Waals surface area contributed by atoms with Crippen molar-refractivity contribution in [2.75, 3.05) is 31.1 Å². The van der Waals surface area contributed by atoms with Crippen molar-refractivity contribution in [3.8, 4) is 0 Å². The highest BCUT2D eigenvalue weighted by Crippen LogP contribution is 2.20. The van der Waals surface area contributed by atoms with Gasteiger partial charge in [0.2, 0.25) is 5.95 Å². The highest BCUT2D eigenvalue weighted by Gasteiger charge is 2.26. The van der Waals surface area contributed by atoms with Gasteiger partial charge in [-0.1, -0.05) is 0 Å². The minimum Gasteiger partial charge on any atom is -0.476 e. The molecule has 0 spiro atoms. The molecule has 2 amide bonds. The lowest BCUT2D eigenvalue weighted by atomic mass is 10.0. The molecule has 1 aliphatic rings. The molecule has 3 rings (SSSR count). The smallest absolute Gasteiger partial charge is 0.357 e. The van der Waals surface area contributed by atoms with Crippen LogP contribution in [0.15, 0.2) is 24.4 Å². The van der Waals surface area contributed by atoms with E-state index < -0.39 is 41.2 Å². The number of anilines is 1. The molecule has 1 aliphatic heterocycles. The van der Waals surface area contributed by atoms with Gasteiger partial charge in [0.15, 0.2) is 11.5 Å². The third kappa shape index (κ3) is 5.27. The summed E-state index contributed by atoms with van der Waals surface area (Å²) in [5, 5.41) is 19.0. The van der Waals surface area contributed by atoms with Gasteiger partial charge < -0.3 is 25.6 Å². The Morgan fingerprint density at radius 3 is 2.39 bits per heavy atom. The first-order valence-electron chi connectivity index (χ1n) is 9.29. The van der Waals surface area contributed by atoms with Crippen molar-refractivity contribution in [2.45, 2.75) is 12.5 Å². The molecule has 1 atom stereocenters. The van der Waals surface area contributed by atoms with E-state index in [-0.39, 0.29) is 44.1 Å². The minimum atomic E-state index is -1.51. The Kier molecular flexibility index (Phi) is 6.68. The van der Waals surface area contributed by atoms with E-state index in [1.54, 1.807) is 4.90 Å². The first-order chi connectivity index (χ1) is 14.8. The van der Waals surface area contributed by atoms with Crippen molar-refractivity contribution in [1.82, 2.24) is 20.2 Å². The van der Waals surface area contributed by atoms with Gasteiger partial charge in [0.05, 0.1) is 12.2 Å². The fourth-order valence-corrected chi connectivity index (χ4v) is 3.18. The van der Waals surface area contributed by atoms with Gasteiger partial charge in [0.25, 0.3) is 0 Å². The molecule has 0 aliphatic carbocycles. The number of carboxylic acid groups (broad SMARTS) is 1. The number of carbonyl (C=O) groups is 2. The first kappa shape index (κ1) is 22.0. The number of carboxylic acids is 1. The molecule has 1 aromatic heterocycles. The topological polar surface area (TPSA) is 123 Å². The normalized spacial score (nSPS) is 14.8. The van der Waals surface area contributed by atoms with E-state index in [0.717, 1.165) is 30.6 Å². The van der Waals surface area contributed by atoms with Crippen LogP contribution in [0.4, 0.5) is 23.9 Å². The van der Waals surface area contributed by atoms with Crippen LogP contribution in [0.1, 0.15) is 28.5 Å². The number of rotatable bonds is 6. The zero-order valence-electron chi connectivity index (χ0n) is 16.2. The molecule has 31 heavy (non-hydrogen) atoms. The summed E-state index contributed by atoms with van der Waals surface area (Å²) < 4.78 is 40.5. The van der Waals surface area contributed by atoms with Gasteiger partial charge >= 0.3 is 12.0 Å². The van der Waals surface area contributed by atoms with E-state index in [1.165, 1.54) is 4.90 Å². The summed E-state index contributed by atoms with van der Waals surface area (Å²) >= 11 is 0. The monoisotopic (exact) mass is 436 g/mol. The molecule has 1 saturated heterocycles. The highest BCUT2D eigenvalue weighted by molar-refractivity contribution is 5.85. The second kappa shape index (κ2) is 9.41. The van der Waals surface area contributed by atoms with Gasteiger partial charge in [-0.3, -0.25) is 0 Å².